The maximum absolute atomic E-state index is 12.3. The maximum atomic E-state index is 12.3. The number of nitrogens with one attached hydrogen (secondary N) is 3. The van der Waals surface area contributed by atoms with E-state index in [0.29, 0.717) is 10.4 Å². The number of hydrogen-bond acceptors (Lipinski definition) is 4. The van der Waals surface area contributed by atoms with Gasteiger partial charge in [0.25, 0.3) is 11.8 Å². The lowest BCUT2D eigenvalue weighted by Crippen LogP contribution is -2.42. The van der Waals surface area contributed by atoms with E-state index < -0.39 is 0 Å². The minimum atomic E-state index is -0.351. The molecular weight excluding hydrogens is 374 g/mol. The molecule has 3 rings (SSSR count). The molecule has 0 fully saturated rings. The summed E-state index contributed by atoms with van der Waals surface area (Å²) in [5.74, 6) is -0.869. The molecule has 1 aromatic heterocycles. The van der Waals surface area contributed by atoms with Gasteiger partial charge in [-0.05, 0) is 56.4 Å². The lowest BCUT2D eigenvalue weighted by atomic mass is 10.1. The average molecular weight is 400 g/mol. The van der Waals surface area contributed by atoms with Crippen LogP contribution in [0.2, 0.25) is 0 Å². The molecule has 3 N–H and O–H groups in total. The number of benzene rings is 1. The zero-order chi connectivity index (χ0) is 19.9. The first-order valence-corrected chi connectivity index (χ1v) is 10.4. The highest BCUT2D eigenvalue weighted by Gasteiger charge is 2.17. The second-order valence-electron chi connectivity index (χ2n) is 7.00. The molecule has 3 amide bonds. The normalized spacial score (nSPS) is 13.2. The van der Waals surface area contributed by atoms with Crippen LogP contribution in [-0.4, -0.2) is 24.3 Å². The molecule has 1 aliphatic rings. The van der Waals surface area contributed by atoms with Crippen LogP contribution >= 0.6 is 11.3 Å². The van der Waals surface area contributed by atoms with Crippen molar-refractivity contribution in [3.05, 3.63) is 56.8 Å². The van der Waals surface area contributed by atoms with Gasteiger partial charge in [-0.25, -0.2) is 0 Å². The van der Waals surface area contributed by atoms with E-state index in [-0.39, 0.29) is 30.7 Å². The number of fused-ring (bicyclic) bond motifs is 1. The van der Waals surface area contributed by atoms with Crippen molar-refractivity contribution in [1.29, 1.82) is 0 Å². The Morgan fingerprint density at radius 1 is 1.00 bits per heavy atom. The zero-order valence-electron chi connectivity index (χ0n) is 16.0. The molecule has 6 nitrogen and oxygen atoms in total. The molecule has 0 unspecified atom stereocenters. The van der Waals surface area contributed by atoms with Crippen molar-refractivity contribution >= 4 is 29.1 Å². The summed E-state index contributed by atoms with van der Waals surface area (Å²) in [6.07, 6.45) is 5.69. The Kier molecular flexibility index (Phi) is 6.81. The first kappa shape index (κ1) is 20.1. The molecule has 0 spiro atoms. The molecule has 0 bridgehead atoms. The highest BCUT2D eigenvalue weighted by atomic mass is 32.1. The molecule has 0 radical (unpaired) electrons. The number of amides is 3. The molecule has 1 aromatic carbocycles. The van der Waals surface area contributed by atoms with Gasteiger partial charge in [-0.1, -0.05) is 24.1 Å². The first-order valence-electron chi connectivity index (χ1n) is 9.58. The summed E-state index contributed by atoms with van der Waals surface area (Å²) in [6, 6.07) is 9.19. The second-order valence-corrected chi connectivity index (χ2v) is 8.13. The fourth-order valence-electron chi connectivity index (χ4n) is 3.21. The van der Waals surface area contributed by atoms with Crippen LogP contribution in [-0.2, 0) is 17.6 Å². The summed E-state index contributed by atoms with van der Waals surface area (Å²) in [5, 5.41) is 2.70. The summed E-state index contributed by atoms with van der Waals surface area (Å²) < 4.78 is 0. The van der Waals surface area contributed by atoms with Gasteiger partial charge < -0.3 is 5.32 Å². The number of carbonyl (C=O) groups excluding carboxylic acids is 3. The van der Waals surface area contributed by atoms with E-state index in [4.69, 9.17) is 0 Å². The Morgan fingerprint density at radius 2 is 1.82 bits per heavy atom. The third-order valence-electron chi connectivity index (χ3n) is 4.70. The van der Waals surface area contributed by atoms with Crippen LogP contribution in [0.15, 0.2) is 30.3 Å². The van der Waals surface area contributed by atoms with Crippen LogP contribution in [0.25, 0.3) is 0 Å². The number of thiophene rings is 1. The molecule has 0 atom stereocenters. The van der Waals surface area contributed by atoms with Gasteiger partial charge in [0, 0.05) is 23.4 Å². The van der Waals surface area contributed by atoms with Crippen LogP contribution in [0.5, 0.6) is 0 Å². The van der Waals surface area contributed by atoms with Crippen molar-refractivity contribution in [2.45, 2.75) is 45.4 Å². The molecule has 0 saturated heterocycles. The quantitative estimate of drug-likeness (QED) is 0.534. The molecule has 28 heavy (non-hydrogen) atoms. The van der Waals surface area contributed by atoms with Crippen molar-refractivity contribution in [2.75, 3.05) is 6.54 Å². The number of hydrazine groups is 1. The highest BCUT2D eigenvalue weighted by molar-refractivity contribution is 7.14. The number of aryl methyl sites for hydroxylation is 3. The van der Waals surface area contributed by atoms with Crippen LogP contribution in [0.3, 0.4) is 0 Å². The van der Waals surface area contributed by atoms with Crippen LogP contribution in [0.4, 0.5) is 0 Å². The van der Waals surface area contributed by atoms with Crippen LogP contribution < -0.4 is 16.2 Å². The molecule has 0 saturated carbocycles. The SMILES string of the molecule is Cc1cccc(C(=O)NCCC(=O)NNC(=O)c2cc3c(s2)CCCCC3)c1. The number of carbonyl (C=O) groups is 3. The minimum absolute atomic E-state index is 0.0821. The summed E-state index contributed by atoms with van der Waals surface area (Å²) in [4.78, 5) is 38.1. The van der Waals surface area contributed by atoms with Crippen LogP contribution in [0.1, 0.15) is 61.7 Å². The smallest absolute Gasteiger partial charge is 0.279 e. The molecule has 1 aliphatic carbocycles. The van der Waals surface area contributed by atoms with Crippen molar-refractivity contribution in [1.82, 2.24) is 16.2 Å². The fraction of sp³-hybridized carbons (Fsp3) is 0.381. The molecule has 7 heteroatoms. The molecule has 0 aliphatic heterocycles. The predicted octanol–water partition coefficient (Wildman–Crippen LogP) is 2.91. The van der Waals surface area contributed by atoms with Gasteiger partial charge in [-0.15, -0.1) is 11.3 Å². The Hall–Kier alpha value is -2.67. The summed E-state index contributed by atoms with van der Waals surface area (Å²) in [5.41, 5.74) is 7.70. The predicted molar refractivity (Wildman–Crippen MR) is 109 cm³/mol. The van der Waals surface area contributed by atoms with Crippen LogP contribution in [0, 0.1) is 6.92 Å². The standard InChI is InChI=1S/C21H25N3O3S/c1-14-6-5-8-16(12-14)20(26)22-11-10-19(25)23-24-21(27)18-13-15-7-3-2-4-9-17(15)28-18/h5-6,8,12-13H,2-4,7,9-11H2,1H3,(H,22,26)(H,23,25)(H,24,27). The average Bonchev–Trinajstić information content (AvgIpc) is 2.96. The van der Waals surface area contributed by atoms with Crippen molar-refractivity contribution < 1.29 is 14.4 Å². The zero-order valence-corrected chi connectivity index (χ0v) is 16.8. The maximum Gasteiger partial charge on any atom is 0.279 e. The summed E-state index contributed by atoms with van der Waals surface area (Å²) in [6.45, 7) is 2.11. The molecular formula is C21H25N3O3S. The Labute approximate surface area is 168 Å². The number of rotatable bonds is 5. The fourth-order valence-corrected chi connectivity index (χ4v) is 4.36. The minimum Gasteiger partial charge on any atom is -0.352 e. The van der Waals surface area contributed by atoms with E-state index in [9.17, 15) is 14.4 Å². The van der Waals surface area contributed by atoms with E-state index in [1.54, 1.807) is 12.1 Å². The van der Waals surface area contributed by atoms with Crippen molar-refractivity contribution in [3.63, 3.8) is 0 Å². The van der Waals surface area contributed by atoms with E-state index in [1.807, 2.05) is 25.1 Å². The van der Waals surface area contributed by atoms with Gasteiger partial charge >= 0.3 is 0 Å². The third-order valence-corrected chi connectivity index (χ3v) is 5.94. The van der Waals surface area contributed by atoms with E-state index in [0.717, 1.165) is 24.8 Å². The first-order chi connectivity index (χ1) is 13.5. The van der Waals surface area contributed by atoms with E-state index >= 15 is 0 Å². The summed E-state index contributed by atoms with van der Waals surface area (Å²) >= 11 is 1.51. The van der Waals surface area contributed by atoms with Gasteiger partial charge in [-0.2, -0.15) is 0 Å². The lowest BCUT2D eigenvalue weighted by molar-refractivity contribution is -0.121. The molecule has 148 valence electrons. The van der Waals surface area contributed by atoms with Crippen molar-refractivity contribution in [2.24, 2.45) is 0 Å². The van der Waals surface area contributed by atoms with Gasteiger partial charge in [0.15, 0.2) is 0 Å². The monoisotopic (exact) mass is 399 g/mol. The molecule has 2 aromatic rings. The van der Waals surface area contributed by atoms with E-state index in [1.165, 1.54) is 34.6 Å². The molecule has 1 heterocycles. The highest BCUT2D eigenvalue weighted by Crippen LogP contribution is 2.28. The topological polar surface area (TPSA) is 87.3 Å². The van der Waals surface area contributed by atoms with Gasteiger partial charge in [0.05, 0.1) is 4.88 Å². The van der Waals surface area contributed by atoms with Gasteiger partial charge in [-0.3, -0.25) is 25.2 Å². The van der Waals surface area contributed by atoms with Gasteiger partial charge in [0.1, 0.15) is 0 Å². The Bertz CT molecular complexity index is 852. The van der Waals surface area contributed by atoms with Crippen molar-refractivity contribution in [3.8, 4) is 0 Å². The number of hydrogen-bond donors (Lipinski definition) is 3. The van der Waals surface area contributed by atoms with E-state index in [2.05, 4.69) is 16.2 Å². The van der Waals surface area contributed by atoms with Gasteiger partial charge in [0.2, 0.25) is 5.91 Å². The Balaban J connectivity index is 1.40. The third kappa shape index (κ3) is 5.42. The largest absolute Gasteiger partial charge is 0.352 e. The summed E-state index contributed by atoms with van der Waals surface area (Å²) in [7, 11) is 0. The second kappa shape index (κ2) is 9.50. The Morgan fingerprint density at radius 3 is 2.64 bits per heavy atom. The lowest BCUT2D eigenvalue weighted by Gasteiger charge is -2.08.